The van der Waals surface area contributed by atoms with Crippen LogP contribution in [0.3, 0.4) is 0 Å². The van der Waals surface area contributed by atoms with E-state index in [2.05, 4.69) is 49.2 Å². The van der Waals surface area contributed by atoms with Gasteiger partial charge in [-0.3, -0.25) is 0 Å². The number of nitrogens with zero attached hydrogens (tertiary/aromatic N) is 1. The van der Waals surface area contributed by atoms with E-state index in [0.29, 0.717) is 5.41 Å². The average Bonchev–Trinajstić information content (AvgIpc) is 2.41. The molecule has 0 radical (unpaired) electrons. The van der Waals surface area contributed by atoms with Gasteiger partial charge in [-0.2, -0.15) is 0 Å². The van der Waals surface area contributed by atoms with Crippen molar-refractivity contribution in [3.8, 4) is 0 Å². The molecule has 0 aromatic heterocycles. The van der Waals surface area contributed by atoms with E-state index in [1.54, 1.807) is 0 Å². The molecule has 0 aliphatic carbocycles. The summed E-state index contributed by atoms with van der Waals surface area (Å²) in [5, 5.41) is 3.29. The van der Waals surface area contributed by atoms with Crippen LogP contribution in [-0.4, -0.2) is 20.1 Å². The molecule has 1 aromatic carbocycles. The second-order valence-electron chi connectivity index (χ2n) is 6.31. The van der Waals surface area contributed by atoms with Crippen LogP contribution in [0.15, 0.2) is 18.2 Å². The van der Waals surface area contributed by atoms with E-state index in [1.165, 1.54) is 49.2 Å². The van der Waals surface area contributed by atoms with Crippen LogP contribution in [0.25, 0.3) is 0 Å². The molecule has 0 amide bonds. The fourth-order valence-corrected chi connectivity index (χ4v) is 3.00. The lowest BCUT2D eigenvalue weighted by Crippen LogP contribution is -2.39. The summed E-state index contributed by atoms with van der Waals surface area (Å²) < 4.78 is 0. The van der Waals surface area contributed by atoms with Crippen molar-refractivity contribution in [2.45, 2.75) is 46.6 Å². The molecule has 2 rings (SSSR count). The zero-order valence-corrected chi connectivity index (χ0v) is 12.9. The molecule has 0 saturated carbocycles. The van der Waals surface area contributed by atoms with E-state index in [1.807, 2.05) is 7.05 Å². The highest BCUT2D eigenvalue weighted by molar-refractivity contribution is 5.55. The standard InChI is InChI=1S/C17H28N2/c1-5-17(3)8-10-19(11-9-17)16-7-6-14(2)12-15(16)13-18-4/h6-7,12,18H,5,8-11,13H2,1-4H3. The molecule has 1 N–H and O–H groups in total. The van der Waals surface area contributed by atoms with Gasteiger partial charge < -0.3 is 10.2 Å². The minimum absolute atomic E-state index is 0.560. The topological polar surface area (TPSA) is 15.3 Å². The predicted molar refractivity (Wildman–Crippen MR) is 83.8 cm³/mol. The largest absolute Gasteiger partial charge is 0.371 e. The Labute approximate surface area is 118 Å². The molecular weight excluding hydrogens is 232 g/mol. The highest BCUT2D eigenvalue weighted by Crippen LogP contribution is 2.36. The number of rotatable bonds is 4. The SMILES string of the molecule is CCC1(C)CCN(c2ccc(C)cc2CNC)CC1. The average molecular weight is 260 g/mol. The number of nitrogens with one attached hydrogen (secondary N) is 1. The van der Waals surface area contributed by atoms with E-state index in [-0.39, 0.29) is 0 Å². The Morgan fingerprint density at radius 3 is 2.53 bits per heavy atom. The fraction of sp³-hybridized carbons (Fsp3) is 0.647. The second-order valence-corrected chi connectivity index (χ2v) is 6.31. The molecule has 1 fully saturated rings. The van der Waals surface area contributed by atoms with Crippen molar-refractivity contribution in [3.05, 3.63) is 29.3 Å². The Hall–Kier alpha value is -1.02. The number of hydrogen-bond acceptors (Lipinski definition) is 2. The number of piperidine rings is 1. The van der Waals surface area contributed by atoms with Gasteiger partial charge in [-0.15, -0.1) is 0 Å². The third kappa shape index (κ3) is 3.30. The van der Waals surface area contributed by atoms with Gasteiger partial charge in [0.1, 0.15) is 0 Å². The summed E-state index contributed by atoms with van der Waals surface area (Å²) in [5.41, 5.74) is 4.77. The highest BCUT2D eigenvalue weighted by Gasteiger charge is 2.28. The fourth-order valence-electron chi connectivity index (χ4n) is 3.00. The number of hydrogen-bond donors (Lipinski definition) is 1. The molecule has 0 atom stereocenters. The monoisotopic (exact) mass is 260 g/mol. The summed E-state index contributed by atoms with van der Waals surface area (Å²) in [4.78, 5) is 2.57. The van der Waals surface area contributed by atoms with E-state index in [4.69, 9.17) is 0 Å². The van der Waals surface area contributed by atoms with Crippen molar-refractivity contribution in [2.75, 3.05) is 25.0 Å². The molecular formula is C17H28N2. The van der Waals surface area contributed by atoms with Crippen LogP contribution in [0, 0.1) is 12.3 Å². The van der Waals surface area contributed by atoms with E-state index in [9.17, 15) is 0 Å². The molecule has 2 nitrogen and oxygen atoms in total. The lowest BCUT2D eigenvalue weighted by Gasteiger charge is -2.40. The highest BCUT2D eigenvalue weighted by atomic mass is 15.1. The van der Waals surface area contributed by atoms with Crippen molar-refractivity contribution in [3.63, 3.8) is 0 Å². The maximum Gasteiger partial charge on any atom is 0.0412 e. The summed E-state index contributed by atoms with van der Waals surface area (Å²) in [5.74, 6) is 0. The predicted octanol–water partition coefficient (Wildman–Crippen LogP) is 3.73. The summed E-state index contributed by atoms with van der Waals surface area (Å²) in [6.45, 7) is 10.3. The van der Waals surface area contributed by atoms with Gasteiger partial charge in [-0.05, 0) is 43.9 Å². The molecule has 1 saturated heterocycles. The minimum Gasteiger partial charge on any atom is -0.371 e. The van der Waals surface area contributed by atoms with Crippen LogP contribution in [0.4, 0.5) is 5.69 Å². The minimum atomic E-state index is 0.560. The molecule has 0 unspecified atom stereocenters. The smallest absolute Gasteiger partial charge is 0.0412 e. The Morgan fingerprint density at radius 1 is 1.26 bits per heavy atom. The summed E-state index contributed by atoms with van der Waals surface area (Å²) in [6, 6.07) is 6.86. The van der Waals surface area contributed by atoms with Gasteiger partial charge in [-0.25, -0.2) is 0 Å². The van der Waals surface area contributed by atoms with Crippen LogP contribution < -0.4 is 10.2 Å². The second kappa shape index (κ2) is 5.96. The van der Waals surface area contributed by atoms with Crippen LogP contribution in [-0.2, 0) is 6.54 Å². The van der Waals surface area contributed by atoms with Crippen molar-refractivity contribution >= 4 is 5.69 Å². The lowest BCUT2D eigenvalue weighted by atomic mass is 9.78. The van der Waals surface area contributed by atoms with E-state index in [0.717, 1.165) is 6.54 Å². The van der Waals surface area contributed by atoms with E-state index >= 15 is 0 Å². The van der Waals surface area contributed by atoms with Gasteiger partial charge >= 0.3 is 0 Å². The Bertz CT molecular complexity index is 417. The first-order valence-corrected chi connectivity index (χ1v) is 7.57. The Balaban J connectivity index is 2.15. The van der Waals surface area contributed by atoms with Gasteiger partial charge in [0, 0.05) is 25.3 Å². The van der Waals surface area contributed by atoms with Gasteiger partial charge in [0.25, 0.3) is 0 Å². The van der Waals surface area contributed by atoms with E-state index < -0.39 is 0 Å². The molecule has 106 valence electrons. The summed E-state index contributed by atoms with van der Waals surface area (Å²) >= 11 is 0. The van der Waals surface area contributed by atoms with Crippen molar-refractivity contribution < 1.29 is 0 Å². The molecule has 1 aliphatic heterocycles. The van der Waals surface area contributed by atoms with Gasteiger partial charge in [0.2, 0.25) is 0 Å². The quantitative estimate of drug-likeness (QED) is 0.887. The van der Waals surface area contributed by atoms with Gasteiger partial charge in [0.15, 0.2) is 0 Å². The van der Waals surface area contributed by atoms with Crippen molar-refractivity contribution in [1.82, 2.24) is 5.32 Å². The van der Waals surface area contributed by atoms with Crippen LogP contribution >= 0.6 is 0 Å². The maximum atomic E-state index is 3.29. The summed E-state index contributed by atoms with van der Waals surface area (Å²) in [6.07, 6.45) is 3.94. The van der Waals surface area contributed by atoms with Crippen LogP contribution in [0.5, 0.6) is 0 Å². The van der Waals surface area contributed by atoms with Crippen LogP contribution in [0.1, 0.15) is 44.2 Å². The third-order valence-electron chi connectivity index (χ3n) is 4.77. The molecule has 1 aromatic rings. The first kappa shape index (κ1) is 14.4. The first-order valence-electron chi connectivity index (χ1n) is 7.57. The third-order valence-corrected chi connectivity index (χ3v) is 4.77. The molecule has 1 heterocycles. The maximum absolute atomic E-state index is 3.29. The first-order chi connectivity index (χ1) is 9.08. The zero-order valence-electron chi connectivity index (χ0n) is 12.9. The molecule has 19 heavy (non-hydrogen) atoms. The lowest BCUT2D eigenvalue weighted by molar-refractivity contribution is 0.238. The Kier molecular flexibility index (Phi) is 4.51. The molecule has 0 spiro atoms. The molecule has 2 heteroatoms. The van der Waals surface area contributed by atoms with Gasteiger partial charge in [-0.1, -0.05) is 38.0 Å². The molecule has 1 aliphatic rings. The van der Waals surface area contributed by atoms with Crippen LogP contribution in [0.2, 0.25) is 0 Å². The van der Waals surface area contributed by atoms with Crippen molar-refractivity contribution in [2.24, 2.45) is 5.41 Å². The number of benzene rings is 1. The van der Waals surface area contributed by atoms with Crippen molar-refractivity contribution in [1.29, 1.82) is 0 Å². The summed E-state index contributed by atoms with van der Waals surface area (Å²) in [7, 11) is 2.02. The number of aryl methyl sites for hydroxylation is 1. The zero-order chi connectivity index (χ0) is 13.9. The number of anilines is 1. The van der Waals surface area contributed by atoms with Gasteiger partial charge in [0.05, 0.1) is 0 Å². The molecule has 0 bridgehead atoms. The Morgan fingerprint density at radius 2 is 1.95 bits per heavy atom. The normalized spacial score (nSPS) is 18.6.